The van der Waals surface area contributed by atoms with E-state index in [1.54, 1.807) is 16.0 Å². The second-order valence-corrected chi connectivity index (χ2v) is 11.4. The maximum absolute atomic E-state index is 13.3. The first-order valence-electron chi connectivity index (χ1n) is 10.4. The van der Waals surface area contributed by atoms with Gasteiger partial charge >= 0.3 is 0 Å². The number of carbonyl (C=O) groups excluding carboxylic acids is 1. The molecule has 30 heavy (non-hydrogen) atoms. The van der Waals surface area contributed by atoms with Gasteiger partial charge in [-0.3, -0.25) is 4.79 Å². The molecule has 1 atom stereocenters. The van der Waals surface area contributed by atoms with Crippen LogP contribution in [0, 0.1) is 6.92 Å². The average molecular weight is 445 g/mol. The second-order valence-electron chi connectivity index (χ2n) is 8.27. The van der Waals surface area contributed by atoms with Crippen molar-refractivity contribution in [2.75, 3.05) is 11.5 Å². The zero-order chi connectivity index (χ0) is 20.9. The highest BCUT2D eigenvalue weighted by Crippen LogP contribution is 2.33. The molecule has 0 radical (unpaired) electrons. The SMILES string of the molecule is Cc1nn([C@@H]2CCS(=O)(=O)C2)c2nc(-c3cccs3)cc(C(=O)NC3CCCC3)c12. The molecule has 5 rings (SSSR count). The largest absolute Gasteiger partial charge is 0.349 e. The zero-order valence-electron chi connectivity index (χ0n) is 16.8. The summed E-state index contributed by atoms with van der Waals surface area (Å²) in [6, 6.07) is 5.74. The Kier molecular flexibility index (Phi) is 4.89. The number of nitrogens with zero attached hydrogens (tertiary/aromatic N) is 3. The number of hydrogen-bond donors (Lipinski definition) is 1. The van der Waals surface area contributed by atoms with Gasteiger partial charge in [-0.2, -0.15) is 5.10 Å². The van der Waals surface area contributed by atoms with E-state index in [2.05, 4.69) is 10.4 Å². The van der Waals surface area contributed by atoms with Gasteiger partial charge in [0, 0.05) is 6.04 Å². The van der Waals surface area contributed by atoms with Crippen molar-refractivity contribution in [3.8, 4) is 10.6 Å². The number of sulfone groups is 1. The van der Waals surface area contributed by atoms with Crippen molar-refractivity contribution in [1.29, 1.82) is 0 Å². The van der Waals surface area contributed by atoms with E-state index in [4.69, 9.17) is 4.98 Å². The molecule has 0 spiro atoms. The maximum Gasteiger partial charge on any atom is 0.252 e. The number of aromatic nitrogens is 3. The zero-order valence-corrected chi connectivity index (χ0v) is 18.4. The van der Waals surface area contributed by atoms with Gasteiger partial charge in [-0.15, -0.1) is 11.3 Å². The van der Waals surface area contributed by atoms with Crippen LogP contribution in [-0.4, -0.2) is 46.6 Å². The fraction of sp³-hybridized carbons (Fsp3) is 0.476. The smallest absolute Gasteiger partial charge is 0.252 e. The number of nitrogens with one attached hydrogen (secondary N) is 1. The maximum atomic E-state index is 13.3. The first-order chi connectivity index (χ1) is 14.4. The molecular formula is C21H24N4O3S2. The van der Waals surface area contributed by atoms with E-state index in [1.807, 2.05) is 30.5 Å². The highest BCUT2D eigenvalue weighted by molar-refractivity contribution is 7.91. The summed E-state index contributed by atoms with van der Waals surface area (Å²) >= 11 is 1.56. The molecule has 7 nitrogen and oxygen atoms in total. The van der Waals surface area contributed by atoms with Gasteiger partial charge < -0.3 is 5.32 Å². The average Bonchev–Trinajstić information content (AvgIpc) is 3.49. The molecule has 2 fully saturated rings. The Bertz CT molecular complexity index is 1210. The van der Waals surface area contributed by atoms with Crippen LogP contribution in [0.1, 0.15) is 54.2 Å². The molecule has 1 N–H and O–H groups in total. The molecule has 1 aliphatic carbocycles. The Morgan fingerprint density at radius 2 is 2.07 bits per heavy atom. The number of rotatable bonds is 4. The normalized spacial score (nSPS) is 21.4. The van der Waals surface area contributed by atoms with Crippen LogP contribution >= 0.6 is 11.3 Å². The molecule has 4 heterocycles. The Labute approximate surface area is 179 Å². The predicted molar refractivity (Wildman–Crippen MR) is 118 cm³/mol. The number of pyridine rings is 1. The van der Waals surface area contributed by atoms with Crippen molar-refractivity contribution in [3.63, 3.8) is 0 Å². The molecular weight excluding hydrogens is 420 g/mol. The van der Waals surface area contributed by atoms with Gasteiger partial charge in [-0.25, -0.2) is 18.1 Å². The van der Waals surface area contributed by atoms with E-state index in [0.29, 0.717) is 23.3 Å². The highest BCUT2D eigenvalue weighted by atomic mass is 32.2. The van der Waals surface area contributed by atoms with Gasteiger partial charge in [-0.1, -0.05) is 18.9 Å². The molecule has 9 heteroatoms. The van der Waals surface area contributed by atoms with E-state index in [-0.39, 0.29) is 29.5 Å². The summed E-state index contributed by atoms with van der Waals surface area (Å²) in [6.07, 6.45) is 4.83. The molecule has 158 valence electrons. The lowest BCUT2D eigenvalue weighted by molar-refractivity contribution is 0.0939. The lowest BCUT2D eigenvalue weighted by Gasteiger charge is -2.14. The molecule has 0 aromatic carbocycles. The summed E-state index contributed by atoms with van der Waals surface area (Å²) in [5.74, 6) is 0.129. The molecule has 0 bridgehead atoms. The van der Waals surface area contributed by atoms with Crippen LogP contribution in [0.25, 0.3) is 21.6 Å². The van der Waals surface area contributed by atoms with Crippen LogP contribution in [0.4, 0.5) is 0 Å². The molecule has 3 aromatic rings. The minimum Gasteiger partial charge on any atom is -0.349 e. The van der Waals surface area contributed by atoms with Gasteiger partial charge in [0.1, 0.15) is 0 Å². The van der Waals surface area contributed by atoms with Gasteiger partial charge in [0.25, 0.3) is 5.91 Å². The van der Waals surface area contributed by atoms with Crippen molar-refractivity contribution in [3.05, 3.63) is 34.8 Å². The fourth-order valence-corrected chi connectivity index (χ4v) is 6.98. The Balaban J connectivity index is 1.65. The van der Waals surface area contributed by atoms with Crippen LogP contribution in [0.3, 0.4) is 0 Å². The van der Waals surface area contributed by atoms with Gasteiger partial charge in [0.2, 0.25) is 0 Å². The van der Waals surface area contributed by atoms with Crippen molar-refractivity contribution < 1.29 is 13.2 Å². The Morgan fingerprint density at radius 3 is 2.73 bits per heavy atom. The molecule has 1 aliphatic heterocycles. The number of carbonyl (C=O) groups is 1. The molecule has 1 saturated heterocycles. The Morgan fingerprint density at radius 1 is 1.27 bits per heavy atom. The van der Waals surface area contributed by atoms with Crippen molar-refractivity contribution in [2.45, 2.75) is 51.1 Å². The minimum absolute atomic E-state index is 0.0672. The van der Waals surface area contributed by atoms with Gasteiger partial charge in [-0.05, 0) is 43.7 Å². The number of hydrogen-bond acceptors (Lipinski definition) is 6. The molecule has 0 unspecified atom stereocenters. The quantitative estimate of drug-likeness (QED) is 0.665. The predicted octanol–water partition coefficient (Wildman–Crippen LogP) is 3.50. The highest BCUT2D eigenvalue weighted by Gasteiger charge is 2.32. The van der Waals surface area contributed by atoms with Crippen LogP contribution in [0.5, 0.6) is 0 Å². The lowest BCUT2D eigenvalue weighted by Crippen LogP contribution is -2.32. The van der Waals surface area contributed by atoms with Crippen molar-refractivity contribution in [1.82, 2.24) is 20.1 Å². The number of thiophene rings is 1. The number of aryl methyl sites for hydroxylation is 1. The van der Waals surface area contributed by atoms with E-state index in [9.17, 15) is 13.2 Å². The fourth-order valence-electron chi connectivity index (χ4n) is 4.60. The lowest BCUT2D eigenvalue weighted by atomic mass is 10.1. The number of amides is 1. The molecule has 1 saturated carbocycles. The minimum atomic E-state index is -3.06. The van der Waals surface area contributed by atoms with Crippen LogP contribution in [-0.2, 0) is 9.84 Å². The topological polar surface area (TPSA) is 93.9 Å². The van der Waals surface area contributed by atoms with Gasteiger partial charge in [0.05, 0.1) is 44.8 Å². The summed E-state index contributed by atoms with van der Waals surface area (Å²) < 4.78 is 25.8. The van der Waals surface area contributed by atoms with Gasteiger partial charge in [0.15, 0.2) is 15.5 Å². The summed E-state index contributed by atoms with van der Waals surface area (Å²) in [6.45, 7) is 1.86. The summed E-state index contributed by atoms with van der Waals surface area (Å²) in [7, 11) is -3.06. The van der Waals surface area contributed by atoms with E-state index < -0.39 is 9.84 Å². The Hall–Kier alpha value is -2.26. The van der Waals surface area contributed by atoms with E-state index >= 15 is 0 Å². The van der Waals surface area contributed by atoms with E-state index in [0.717, 1.165) is 41.6 Å². The van der Waals surface area contributed by atoms with Crippen LogP contribution in [0.2, 0.25) is 0 Å². The summed E-state index contributed by atoms with van der Waals surface area (Å²) in [5, 5.41) is 10.5. The number of fused-ring (bicyclic) bond motifs is 1. The molecule has 1 amide bonds. The first-order valence-corrected chi connectivity index (χ1v) is 13.1. The second kappa shape index (κ2) is 7.46. The molecule has 2 aliphatic rings. The van der Waals surface area contributed by atoms with Crippen molar-refractivity contribution in [2.24, 2.45) is 0 Å². The third kappa shape index (κ3) is 3.54. The summed E-state index contributed by atoms with van der Waals surface area (Å²) in [4.78, 5) is 19.1. The van der Waals surface area contributed by atoms with E-state index in [1.165, 1.54) is 0 Å². The van der Waals surface area contributed by atoms with Crippen LogP contribution in [0.15, 0.2) is 23.6 Å². The standard InChI is InChI=1S/C21H24N4O3S2/c1-13-19-16(21(26)22-14-5-2-3-6-14)11-17(18-7-4-9-29-18)23-20(19)25(24-13)15-8-10-30(27,28)12-15/h4,7,9,11,14-15H,2-3,5-6,8,10,12H2,1H3,(H,22,26)/t15-/m1/s1. The third-order valence-electron chi connectivity index (χ3n) is 6.10. The first kappa shape index (κ1) is 19.7. The van der Waals surface area contributed by atoms with Crippen LogP contribution < -0.4 is 5.32 Å². The monoisotopic (exact) mass is 444 g/mol. The molecule has 3 aromatic heterocycles. The third-order valence-corrected chi connectivity index (χ3v) is 8.74. The summed E-state index contributed by atoms with van der Waals surface area (Å²) in [5.41, 5.74) is 2.59. The van der Waals surface area contributed by atoms with Crippen molar-refractivity contribution >= 4 is 38.1 Å².